The van der Waals surface area contributed by atoms with Crippen molar-refractivity contribution in [2.45, 2.75) is 46.0 Å². The van der Waals surface area contributed by atoms with Crippen LogP contribution in [-0.4, -0.2) is 23.2 Å². The third-order valence-electron chi connectivity index (χ3n) is 6.06. The molecule has 1 aliphatic carbocycles. The first-order valence-electron chi connectivity index (χ1n) is 10.8. The van der Waals surface area contributed by atoms with Crippen LogP contribution in [0.15, 0.2) is 59.8 Å². The fourth-order valence-electron chi connectivity index (χ4n) is 4.76. The van der Waals surface area contributed by atoms with Gasteiger partial charge in [-0.05, 0) is 37.0 Å². The molecule has 1 heterocycles. The summed E-state index contributed by atoms with van der Waals surface area (Å²) in [6, 6.07) is 13.5. The molecule has 1 aliphatic heterocycles. The number of ketones is 1. The summed E-state index contributed by atoms with van der Waals surface area (Å²) in [5.41, 5.74) is 2.37. The number of rotatable bonds is 5. The zero-order chi connectivity index (χ0) is 23.0. The Morgan fingerprint density at radius 1 is 1.09 bits per heavy atom. The number of para-hydroxylation sites is 1. The lowest BCUT2D eigenvalue weighted by atomic mass is 9.69. The molecule has 0 saturated heterocycles. The molecule has 0 radical (unpaired) electrons. The molecule has 0 N–H and O–H groups in total. The Kier molecular flexibility index (Phi) is 5.59. The molecule has 2 aromatic rings. The number of hydrogen-bond acceptors (Lipinski definition) is 5. The Morgan fingerprint density at radius 3 is 2.44 bits per heavy atom. The second-order valence-electron chi connectivity index (χ2n) is 9.03. The van der Waals surface area contributed by atoms with Gasteiger partial charge in [-0.2, -0.15) is 0 Å². The molecule has 32 heavy (non-hydrogen) atoms. The summed E-state index contributed by atoms with van der Waals surface area (Å²) in [6.07, 6.45) is 1.09. The molecule has 7 heteroatoms. The third-order valence-corrected chi connectivity index (χ3v) is 6.06. The number of nitro groups is 1. The summed E-state index contributed by atoms with van der Waals surface area (Å²) in [5, 5.41) is 11.1. The summed E-state index contributed by atoms with van der Waals surface area (Å²) in [4.78, 5) is 39.0. The van der Waals surface area contributed by atoms with E-state index in [0.29, 0.717) is 42.2 Å². The van der Waals surface area contributed by atoms with E-state index in [2.05, 4.69) is 0 Å². The van der Waals surface area contributed by atoms with E-state index in [-0.39, 0.29) is 35.1 Å². The van der Waals surface area contributed by atoms with E-state index in [9.17, 15) is 19.7 Å². The van der Waals surface area contributed by atoms with E-state index in [1.807, 2.05) is 45.0 Å². The normalized spacial score (nSPS) is 20.2. The average Bonchev–Trinajstić information content (AvgIpc) is 2.73. The van der Waals surface area contributed by atoms with Gasteiger partial charge in [-0.1, -0.05) is 32.0 Å². The maximum atomic E-state index is 13.4. The Bertz CT molecular complexity index is 1120. The quantitative estimate of drug-likeness (QED) is 0.479. The number of nitro benzene ring substituents is 1. The van der Waals surface area contributed by atoms with Crippen LogP contribution in [0.1, 0.15) is 51.5 Å². The van der Waals surface area contributed by atoms with Crippen LogP contribution in [-0.2, 0) is 9.59 Å². The minimum atomic E-state index is -0.472. The number of anilines is 1. The van der Waals surface area contributed by atoms with Crippen LogP contribution >= 0.6 is 0 Å². The summed E-state index contributed by atoms with van der Waals surface area (Å²) in [7, 11) is 0. The van der Waals surface area contributed by atoms with Crippen molar-refractivity contribution in [2.75, 3.05) is 11.5 Å². The number of hydrogen-bond donors (Lipinski definition) is 0. The summed E-state index contributed by atoms with van der Waals surface area (Å²) >= 11 is 0. The van der Waals surface area contributed by atoms with Crippen molar-refractivity contribution < 1.29 is 19.2 Å². The van der Waals surface area contributed by atoms with Gasteiger partial charge in [0.2, 0.25) is 5.91 Å². The summed E-state index contributed by atoms with van der Waals surface area (Å²) in [5.74, 6) is 0.200. The van der Waals surface area contributed by atoms with Crippen LogP contribution in [0, 0.1) is 15.5 Å². The molecule has 7 nitrogen and oxygen atoms in total. The van der Waals surface area contributed by atoms with Gasteiger partial charge in [0, 0.05) is 53.4 Å². The van der Waals surface area contributed by atoms with Crippen molar-refractivity contribution in [3.8, 4) is 5.75 Å². The molecule has 2 aromatic carbocycles. The first-order valence-corrected chi connectivity index (χ1v) is 10.8. The van der Waals surface area contributed by atoms with E-state index in [4.69, 9.17) is 4.74 Å². The van der Waals surface area contributed by atoms with Crippen molar-refractivity contribution in [2.24, 2.45) is 5.41 Å². The fourth-order valence-corrected chi connectivity index (χ4v) is 4.76. The first-order chi connectivity index (χ1) is 15.2. The molecule has 1 amide bonds. The molecule has 1 atom stereocenters. The van der Waals surface area contributed by atoms with E-state index in [1.165, 1.54) is 12.1 Å². The Labute approximate surface area is 186 Å². The lowest BCUT2D eigenvalue weighted by Crippen LogP contribution is -2.43. The lowest BCUT2D eigenvalue weighted by Gasteiger charge is -2.43. The molecule has 2 aliphatic rings. The van der Waals surface area contributed by atoms with Gasteiger partial charge in [-0.25, -0.2) is 0 Å². The van der Waals surface area contributed by atoms with Crippen molar-refractivity contribution in [3.63, 3.8) is 0 Å². The van der Waals surface area contributed by atoms with Crippen molar-refractivity contribution in [3.05, 3.63) is 75.5 Å². The fraction of sp³-hybridized carbons (Fsp3) is 0.360. The third kappa shape index (κ3) is 3.90. The molecule has 0 fully saturated rings. The molecular formula is C25H26N2O5. The van der Waals surface area contributed by atoms with Crippen LogP contribution in [0.4, 0.5) is 11.4 Å². The molecule has 1 unspecified atom stereocenters. The molecule has 0 spiro atoms. The highest BCUT2D eigenvalue weighted by Gasteiger charge is 2.45. The number of amides is 1. The van der Waals surface area contributed by atoms with Crippen LogP contribution in [0.2, 0.25) is 0 Å². The van der Waals surface area contributed by atoms with Gasteiger partial charge in [-0.3, -0.25) is 24.6 Å². The predicted octanol–water partition coefficient (Wildman–Crippen LogP) is 5.16. The van der Waals surface area contributed by atoms with Crippen LogP contribution < -0.4 is 9.64 Å². The highest BCUT2D eigenvalue weighted by molar-refractivity contribution is 6.08. The van der Waals surface area contributed by atoms with Gasteiger partial charge < -0.3 is 4.74 Å². The van der Waals surface area contributed by atoms with Crippen LogP contribution in [0.3, 0.4) is 0 Å². The van der Waals surface area contributed by atoms with E-state index in [0.717, 1.165) is 5.56 Å². The van der Waals surface area contributed by atoms with Gasteiger partial charge in [0.1, 0.15) is 5.75 Å². The standard InChI is InChI=1S/C25H26N2O5/c1-4-32-22-8-6-5-7-18(22)19-13-23(29)26(16-9-11-17(12-10-16)27(30)31)20-14-25(2,3)15-21(28)24(19)20/h5-12,19H,4,13-15H2,1-3H3. The van der Waals surface area contributed by atoms with Crippen molar-refractivity contribution >= 4 is 23.1 Å². The zero-order valence-electron chi connectivity index (χ0n) is 18.5. The van der Waals surface area contributed by atoms with Crippen LogP contribution in [0.5, 0.6) is 5.75 Å². The molecule has 166 valence electrons. The number of allylic oxidation sites excluding steroid dienone is 2. The minimum Gasteiger partial charge on any atom is -0.494 e. The van der Waals surface area contributed by atoms with Crippen LogP contribution in [0.25, 0.3) is 0 Å². The summed E-state index contributed by atoms with van der Waals surface area (Å²) < 4.78 is 5.81. The van der Waals surface area contributed by atoms with E-state index in [1.54, 1.807) is 17.0 Å². The molecular weight excluding hydrogens is 408 g/mol. The number of benzene rings is 2. The smallest absolute Gasteiger partial charge is 0.269 e. The molecule has 0 bridgehead atoms. The average molecular weight is 434 g/mol. The highest BCUT2D eigenvalue weighted by atomic mass is 16.6. The van der Waals surface area contributed by atoms with Gasteiger partial charge in [-0.15, -0.1) is 0 Å². The number of non-ortho nitro benzene ring substituents is 1. The van der Waals surface area contributed by atoms with Gasteiger partial charge in [0.25, 0.3) is 5.69 Å². The number of nitrogens with zero attached hydrogens (tertiary/aromatic N) is 2. The zero-order valence-corrected chi connectivity index (χ0v) is 18.5. The lowest BCUT2D eigenvalue weighted by molar-refractivity contribution is -0.384. The number of ether oxygens (including phenoxy) is 1. The Hall–Kier alpha value is -3.48. The summed E-state index contributed by atoms with van der Waals surface area (Å²) in [6.45, 7) is 6.42. The van der Waals surface area contributed by atoms with E-state index < -0.39 is 4.92 Å². The monoisotopic (exact) mass is 434 g/mol. The maximum absolute atomic E-state index is 13.4. The van der Waals surface area contributed by atoms with Crippen molar-refractivity contribution in [1.82, 2.24) is 0 Å². The predicted molar refractivity (Wildman–Crippen MR) is 121 cm³/mol. The first kappa shape index (κ1) is 21.7. The molecule has 0 aromatic heterocycles. The SMILES string of the molecule is CCOc1ccccc1C1CC(=O)N(c2ccc([N+](=O)[O-])cc2)C2=C1C(=O)CC(C)(C)C2. The molecule has 4 rings (SSSR count). The minimum absolute atomic E-state index is 0.0342. The largest absolute Gasteiger partial charge is 0.494 e. The van der Waals surface area contributed by atoms with E-state index >= 15 is 0 Å². The number of carbonyl (C=O) groups excluding carboxylic acids is 2. The van der Waals surface area contributed by atoms with Crippen molar-refractivity contribution in [1.29, 1.82) is 0 Å². The number of Topliss-reactive ketones (excluding diaryl/α,β-unsaturated/α-hetero) is 1. The highest BCUT2D eigenvalue weighted by Crippen LogP contribution is 2.49. The van der Waals surface area contributed by atoms with Gasteiger partial charge >= 0.3 is 0 Å². The maximum Gasteiger partial charge on any atom is 0.269 e. The second kappa shape index (κ2) is 8.22. The molecule has 0 saturated carbocycles. The second-order valence-corrected chi connectivity index (χ2v) is 9.03. The number of carbonyl (C=O) groups is 2. The van der Waals surface area contributed by atoms with Gasteiger partial charge in [0.05, 0.1) is 11.5 Å². The topological polar surface area (TPSA) is 89.8 Å². The Balaban J connectivity index is 1.87. The van der Waals surface area contributed by atoms with Gasteiger partial charge in [0.15, 0.2) is 5.78 Å². The Morgan fingerprint density at radius 2 is 1.78 bits per heavy atom.